The molecule has 3 aromatic rings. The predicted molar refractivity (Wildman–Crippen MR) is 152 cm³/mol. The molecule has 1 N–H and O–H groups in total. The third-order valence-electron chi connectivity index (χ3n) is 7.08. The van der Waals surface area contributed by atoms with Crippen LogP contribution in [-0.4, -0.2) is 65.0 Å². The number of nitrogens with one attached hydrogen (secondary N) is 1. The second-order valence-electron chi connectivity index (χ2n) is 9.14. The molecular weight excluding hydrogens is 516 g/mol. The Morgan fingerprint density at radius 1 is 0.872 bits per heavy atom. The molecule has 9 heteroatoms. The SMILES string of the molecule is COc1ccc(CCNC(=O)[C@@H]2c3cc(OC)c(OC)cc3C(=O)N(C)[C@H]2c2ccc(SC)cc2)cc1OC. The molecule has 0 saturated heterocycles. The molecular formula is C30H34N2O6S. The maximum absolute atomic E-state index is 13.9. The first-order chi connectivity index (χ1) is 18.9. The summed E-state index contributed by atoms with van der Waals surface area (Å²) < 4.78 is 21.7. The van der Waals surface area contributed by atoms with Gasteiger partial charge in [-0.1, -0.05) is 18.2 Å². The molecule has 2 amide bonds. The van der Waals surface area contributed by atoms with E-state index in [1.807, 2.05) is 48.7 Å². The van der Waals surface area contributed by atoms with Crippen molar-refractivity contribution in [2.75, 3.05) is 48.3 Å². The fourth-order valence-electron chi connectivity index (χ4n) is 5.03. The number of ether oxygens (including phenoxy) is 4. The van der Waals surface area contributed by atoms with E-state index in [2.05, 4.69) is 5.32 Å². The molecule has 1 aliphatic heterocycles. The van der Waals surface area contributed by atoms with Crippen molar-refractivity contribution in [1.29, 1.82) is 0 Å². The van der Waals surface area contributed by atoms with Crippen molar-refractivity contribution in [3.63, 3.8) is 0 Å². The Hall–Kier alpha value is -3.85. The van der Waals surface area contributed by atoms with Gasteiger partial charge in [0.1, 0.15) is 0 Å². The first-order valence-corrected chi connectivity index (χ1v) is 13.7. The zero-order valence-corrected chi connectivity index (χ0v) is 23.9. The van der Waals surface area contributed by atoms with Crippen LogP contribution in [0.15, 0.2) is 59.5 Å². The molecule has 0 unspecified atom stereocenters. The fourth-order valence-corrected chi connectivity index (χ4v) is 5.43. The van der Waals surface area contributed by atoms with Crippen LogP contribution in [0, 0.1) is 0 Å². The summed E-state index contributed by atoms with van der Waals surface area (Å²) in [4.78, 5) is 30.2. The van der Waals surface area contributed by atoms with Gasteiger partial charge in [0.2, 0.25) is 5.91 Å². The smallest absolute Gasteiger partial charge is 0.254 e. The Balaban J connectivity index is 1.68. The van der Waals surface area contributed by atoms with Crippen molar-refractivity contribution in [2.24, 2.45) is 0 Å². The zero-order valence-electron chi connectivity index (χ0n) is 23.1. The molecule has 3 aromatic carbocycles. The Kier molecular flexibility index (Phi) is 8.91. The molecule has 0 fully saturated rings. The number of benzene rings is 3. The first kappa shape index (κ1) is 28.2. The van der Waals surface area contributed by atoms with Crippen LogP contribution >= 0.6 is 11.8 Å². The lowest BCUT2D eigenvalue weighted by Crippen LogP contribution is -2.46. The highest BCUT2D eigenvalue weighted by Crippen LogP contribution is 2.45. The van der Waals surface area contributed by atoms with Crippen molar-refractivity contribution in [2.45, 2.75) is 23.3 Å². The number of carbonyl (C=O) groups is 2. The molecule has 0 radical (unpaired) electrons. The van der Waals surface area contributed by atoms with Crippen molar-refractivity contribution < 1.29 is 28.5 Å². The standard InChI is InChI=1S/C30H34N2O6S/c1-32-28(19-8-10-20(39-6)11-9-19)27(21-16-25(37-4)26(38-5)17-22(21)30(32)34)29(33)31-14-13-18-7-12-23(35-2)24(15-18)36-3/h7-12,15-17,27-28H,13-14H2,1-6H3,(H,31,33)/t27-,28+/m1/s1. The van der Waals surface area contributed by atoms with Gasteiger partial charge >= 0.3 is 0 Å². The second-order valence-corrected chi connectivity index (χ2v) is 10.0. The summed E-state index contributed by atoms with van der Waals surface area (Å²) in [7, 11) is 7.99. The topological polar surface area (TPSA) is 86.3 Å². The number of carbonyl (C=O) groups excluding carboxylic acids is 2. The van der Waals surface area contributed by atoms with Gasteiger partial charge < -0.3 is 29.2 Å². The van der Waals surface area contributed by atoms with E-state index in [9.17, 15) is 9.59 Å². The quantitative estimate of drug-likeness (QED) is 0.366. The van der Waals surface area contributed by atoms with Crippen molar-refractivity contribution in [1.82, 2.24) is 10.2 Å². The number of hydrogen-bond acceptors (Lipinski definition) is 7. The molecule has 0 saturated carbocycles. The maximum atomic E-state index is 13.9. The highest BCUT2D eigenvalue weighted by Gasteiger charge is 2.43. The van der Waals surface area contributed by atoms with Crippen molar-refractivity contribution in [3.05, 3.63) is 76.9 Å². The Morgan fingerprint density at radius 3 is 2.10 bits per heavy atom. The molecule has 39 heavy (non-hydrogen) atoms. The van der Waals surface area contributed by atoms with Crippen LogP contribution in [0.4, 0.5) is 0 Å². The van der Waals surface area contributed by atoms with E-state index in [4.69, 9.17) is 18.9 Å². The monoisotopic (exact) mass is 550 g/mol. The fraction of sp³-hybridized carbons (Fsp3) is 0.333. The van der Waals surface area contributed by atoms with Crippen molar-refractivity contribution in [3.8, 4) is 23.0 Å². The summed E-state index contributed by atoms with van der Waals surface area (Å²) in [6.07, 6.45) is 2.61. The van der Waals surface area contributed by atoms with Crippen LogP contribution < -0.4 is 24.3 Å². The van der Waals surface area contributed by atoms with E-state index >= 15 is 0 Å². The summed E-state index contributed by atoms with van der Waals surface area (Å²) >= 11 is 1.64. The zero-order chi connectivity index (χ0) is 28.1. The number of fused-ring (bicyclic) bond motifs is 1. The highest BCUT2D eigenvalue weighted by atomic mass is 32.2. The van der Waals surface area contributed by atoms with E-state index in [0.29, 0.717) is 47.1 Å². The van der Waals surface area contributed by atoms with E-state index in [0.717, 1.165) is 16.0 Å². The van der Waals surface area contributed by atoms with Crippen LogP contribution in [0.2, 0.25) is 0 Å². The molecule has 2 atom stereocenters. The number of amides is 2. The number of hydrogen-bond donors (Lipinski definition) is 1. The highest BCUT2D eigenvalue weighted by molar-refractivity contribution is 7.98. The number of thioether (sulfide) groups is 1. The number of likely N-dealkylation sites (N-methyl/N-ethyl adjacent to an activating group) is 1. The van der Waals surface area contributed by atoms with Gasteiger partial charge in [-0.2, -0.15) is 0 Å². The lowest BCUT2D eigenvalue weighted by Gasteiger charge is -2.40. The van der Waals surface area contributed by atoms with Crippen LogP contribution in [0.5, 0.6) is 23.0 Å². The Bertz CT molecular complexity index is 1340. The van der Waals surface area contributed by atoms with Crippen LogP contribution in [0.25, 0.3) is 0 Å². The lowest BCUT2D eigenvalue weighted by molar-refractivity contribution is -0.124. The van der Waals surface area contributed by atoms with Crippen molar-refractivity contribution >= 4 is 23.6 Å². The minimum atomic E-state index is -0.659. The number of methoxy groups -OCH3 is 4. The summed E-state index contributed by atoms with van der Waals surface area (Å²) in [5.41, 5.74) is 2.91. The van der Waals surface area contributed by atoms with Gasteiger partial charge in [0, 0.05) is 24.1 Å². The van der Waals surface area contributed by atoms with Crippen LogP contribution in [-0.2, 0) is 11.2 Å². The third-order valence-corrected chi connectivity index (χ3v) is 7.82. The predicted octanol–water partition coefficient (Wildman–Crippen LogP) is 4.71. The van der Waals surface area contributed by atoms with Gasteiger partial charge in [0.05, 0.1) is 40.4 Å². The average molecular weight is 551 g/mol. The minimum absolute atomic E-state index is 0.178. The van der Waals surface area contributed by atoms with Gasteiger partial charge in [0.25, 0.3) is 5.91 Å². The van der Waals surface area contributed by atoms with E-state index in [-0.39, 0.29) is 11.8 Å². The van der Waals surface area contributed by atoms with Gasteiger partial charge in [-0.25, -0.2) is 0 Å². The molecule has 206 valence electrons. The van der Waals surface area contributed by atoms with Gasteiger partial charge in [-0.05, 0) is 65.8 Å². The van der Waals surface area contributed by atoms with Gasteiger partial charge in [0.15, 0.2) is 23.0 Å². The van der Waals surface area contributed by atoms with Crippen LogP contribution in [0.3, 0.4) is 0 Å². The molecule has 1 heterocycles. The lowest BCUT2D eigenvalue weighted by atomic mass is 9.79. The summed E-state index contributed by atoms with van der Waals surface area (Å²) in [5.74, 6) is 1.17. The molecule has 0 spiro atoms. The van der Waals surface area contributed by atoms with E-state index < -0.39 is 12.0 Å². The largest absolute Gasteiger partial charge is 0.493 e. The average Bonchev–Trinajstić information content (AvgIpc) is 2.97. The molecule has 4 rings (SSSR count). The molecule has 0 aliphatic carbocycles. The van der Waals surface area contributed by atoms with E-state index in [1.54, 1.807) is 50.1 Å². The van der Waals surface area contributed by atoms with Gasteiger partial charge in [-0.15, -0.1) is 11.8 Å². The number of nitrogens with zero attached hydrogens (tertiary/aromatic N) is 1. The Labute approximate surface area is 233 Å². The summed E-state index contributed by atoms with van der Waals surface area (Å²) in [6, 6.07) is 16.6. The maximum Gasteiger partial charge on any atom is 0.254 e. The molecule has 0 aromatic heterocycles. The second kappa shape index (κ2) is 12.3. The first-order valence-electron chi connectivity index (χ1n) is 12.5. The Morgan fingerprint density at radius 2 is 1.49 bits per heavy atom. The molecule has 8 nitrogen and oxygen atoms in total. The summed E-state index contributed by atoms with van der Waals surface area (Å²) in [6.45, 7) is 0.406. The van der Waals surface area contributed by atoms with E-state index in [1.165, 1.54) is 14.2 Å². The van der Waals surface area contributed by atoms with Gasteiger partial charge in [-0.3, -0.25) is 9.59 Å². The summed E-state index contributed by atoms with van der Waals surface area (Å²) in [5, 5.41) is 3.11. The van der Waals surface area contributed by atoms with Crippen LogP contribution in [0.1, 0.15) is 39.0 Å². The normalized spacial score (nSPS) is 16.4. The molecule has 1 aliphatic rings. The molecule has 0 bridgehead atoms. The number of rotatable bonds is 10. The minimum Gasteiger partial charge on any atom is -0.493 e. The third kappa shape index (κ3) is 5.63.